The molecule has 3 heterocycles. The van der Waals surface area contributed by atoms with Crippen molar-refractivity contribution in [1.29, 1.82) is 0 Å². The molecule has 1 saturated heterocycles. The third-order valence-corrected chi connectivity index (χ3v) is 6.42. The van der Waals surface area contributed by atoms with Crippen molar-refractivity contribution in [2.75, 3.05) is 13.1 Å². The Hall–Kier alpha value is -2.14. The van der Waals surface area contributed by atoms with Crippen LogP contribution in [0.4, 0.5) is 0 Å². The highest BCUT2D eigenvalue weighted by Crippen LogP contribution is 2.29. The van der Waals surface area contributed by atoms with Crippen LogP contribution in [0.5, 0.6) is 0 Å². The Morgan fingerprint density at radius 1 is 1.40 bits per heavy atom. The van der Waals surface area contributed by atoms with Crippen molar-refractivity contribution in [2.45, 2.75) is 39.0 Å². The predicted molar refractivity (Wildman–Crippen MR) is 102 cm³/mol. The third kappa shape index (κ3) is 3.09. The van der Waals surface area contributed by atoms with E-state index in [-0.39, 0.29) is 11.8 Å². The van der Waals surface area contributed by atoms with Crippen molar-refractivity contribution in [2.24, 2.45) is 0 Å². The van der Waals surface area contributed by atoms with Gasteiger partial charge in [-0.25, -0.2) is 4.98 Å². The lowest BCUT2D eigenvalue weighted by Crippen LogP contribution is -2.39. The molecular formula is C20H23N3OS. The summed E-state index contributed by atoms with van der Waals surface area (Å²) in [5, 5.41) is 0. The molecule has 0 unspecified atom stereocenters. The number of amides is 1. The lowest BCUT2D eigenvalue weighted by Gasteiger charge is -2.31. The summed E-state index contributed by atoms with van der Waals surface area (Å²) in [5.41, 5.74) is 3.31. The number of aryl methyl sites for hydroxylation is 2. The summed E-state index contributed by atoms with van der Waals surface area (Å²) >= 11 is 1.65. The van der Waals surface area contributed by atoms with Gasteiger partial charge < -0.3 is 9.88 Å². The average Bonchev–Trinajstić information content (AvgIpc) is 3.24. The number of hydrogen-bond acceptors (Lipinski definition) is 3. The highest BCUT2D eigenvalue weighted by atomic mass is 32.1. The molecule has 25 heavy (non-hydrogen) atoms. The van der Waals surface area contributed by atoms with E-state index in [0.717, 1.165) is 54.1 Å². The van der Waals surface area contributed by atoms with Gasteiger partial charge in [-0.3, -0.25) is 4.79 Å². The SMILES string of the molecule is CCc1sc(C(=O)N2CCC[C@H](c3nc4ccccc4[nH]3)C2)cc1C. The molecule has 0 bridgehead atoms. The lowest BCUT2D eigenvalue weighted by molar-refractivity contribution is 0.0710. The maximum Gasteiger partial charge on any atom is 0.263 e. The normalized spacial score (nSPS) is 18.0. The fraction of sp³-hybridized carbons (Fsp3) is 0.400. The smallest absolute Gasteiger partial charge is 0.263 e. The summed E-state index contributed by atoms with van der Waals surface area (Å²) in [4.78, 5) is 25.3. The largest absolute Gasteiger partial charge is 0.342 e. The summed E-state index contributed by atoms with van der Waals surface area (Å²) in [7, 11) is 0. The van der Waals surface area contributed by atoms with Crippen LogP contribution in [0.2, 0.25) is 0 Å². The fourth-order valence-electron chi connectivity index (χ4n) is 3.68. The van der Waals surface area contributed by atoms with Crippen molar-refractivity contribution in [1.82, 2.24) is 14.9 Å². The van der Waals surface area contributed by atoms with Gasteiger partial charge >= 0.3 is 0 Å². The van der Waals surface area contributed by atoms with Crippen LogP contribution in [0, 0.1) is 6.92 Å². The van der Waals surface area contributed by atoms with Crippen molar-refractivity contribution in [3.63, 3.8) is 0 Å². The Morgan fingerprint density at radius 3 is 3.00 bits per heavy atom. The molecule has 3 aromatic rings. The number of nitrogens with one attached hydrogen (secondary N) is 1. The molecular weight excluding hydrogens is 330 g/mol. The topological polar surface area (TPSA) is 49.0 Å². The number of rotatable bonds is 3. The molecule has 4 rings (SSSR count). The molecule has 0 spiro atoms. The minimum atomic E-state index is 0.175. The number of nitrogens with zero attached hydrogens (tertiary/aromatic N) is 2. The van der Waals surface area contributed by atoms with Gasteiger partial charge in [-0.2, -0.15) is 0 Å². The maximum atomic E-state index is 12.9. The second kappa shape index (κ2) is 6.64. The number of thiophene rings is 1. The molecule has 0 saturated carbocycles. The van der Waals surface area contributed by atoms with Crippen molar-refractivity contribution >= 4 is 28.3 Å². The Labute approximate surface area is 151 Å². The average molecular weight is 353 g/mol. The van der Waals surface area contributed by atoms with Crippen LogP contribution in [0.25, 0.3) is 11.0 Å². The quantitative estimate of drug-likeness (QED) is 0.753. The monoisotopic (exact) mass is 353 g/mol. The Morgan fingerprint density at radius 2 is 2.24 bits per heavy atom. The molecule has 1 N–H and O–H groups in total. The zero-order valence-electron chi connectivity index (χ0n) is 14.7. The molecule has 1 atom stereocenters. The summed E-state index contributed by atoms with van der Waals surface area (Å²) in [6.07, 6.45) is 3.09. The van der Waals surface area contributed by atoms with Gasteiger partial charge in [-0.15, -0.1) is 11.3 Å². The second-order valence-electron chi connectivity index (χ2n) is 6.80. The van der Waals surface area contributed by atoms with Crippen LogP contribution in [-0.4, -0.2) is 33.9 Å². The molecule has 1 fully saturated rings. The first kappa shape index (κ1) is 16.3. The van der Waals surface area contributed by atoms with E-state index in [1.165, 1.54) is 10.4 Å². The molecule has 0 radical (unpaired) electrons. The van der Waals surface area contributed by atoms with Gasteiger partial charge in [0.1, 0.15) is 5.82 Å². The van der Waals surface area contributed by atoms with Crippen LogP contribution in [0.15, 0.2) is 30.3 Å². The number of carbonyl (C=O) groups excluding carboxylic acids is 1. The number of imidazole rings is 1. The number of hydrogen-bond donors (Lipinski definition) is 1. The molecule has 1 amide bonds. The number of piperidine rings is 1. The van der Waals surface area contributed by atoms with Crippen LogP contribution < -0.4 is 0 Å². The van der Waals surface area contributed by atoms with E-state index >= 15 is 0 Å². The number of aromatic amines is 1. The second-order valence-corrected chi connectivity index (χ2v) is 7.94. The number of aromatic nitrogens is 2. The first-order valence-corrected chi connectivity index (χ1v) is 9.80. The molecule has 5 heteroatoms. The fourth-order valence-corrected chi connectivity index (χ4v) is 4.76. The summed E-state index contributed by atoms with van der Waals surface area (Å²) in [6.45, 7) is 5.83. The van der Waals surface area contributed by atoms with E-state index in [4.69, 9.17) is 4.98 Å². The van der Waals surface area contributed by atoms with E-state index < -0.39 is 0 Å². The van der Waals surface area contributed by atoms with Crippen LogP contribution in [-0.2, 0) is 6.42 Å². The molecule has 2 aromatic heterocycles. The van der Waals surface area contributed by atoms with Crippen LogP contribution in [0.3, 0.4) is 0 Å². The first-order valence-electron chi connectivity index (χ1n) is 8.99. The van der Waals surface area contributed by atoms with Gasteiger partial charge in [0.05, 0.1) is 15.9 Å². The van der Waals surface area contributed by atoms with Gasteiger partial charge in [0, 0.05) is 23.9 Å². The molecule has 130 valence electrons. The van der Waals surface area contributed by atoms with E-state index in [1.54, 1.807) is 11.3 Å². The third-order valence-electron chi connectivity index (χ3n) is 5.06. The number of para-hydroxylation sites is 2. The Balaban J connectivity index is 1.54. The van der Waals surface area contributed by atoms with E-state index in [0.29, 0.717) is 0 Å². The summed E-state index contributed by atoms with van der Waals surface area (Å²) < 4.78 is 0. The zero-order valence-corrected chi connectivity index (χ0v) is 15.5. The maximum absolute atomic E-state index is 12.9. The molecule has 4 nitrogen and oxygen atoms in total. The standard InChI is InChI=1S/C20H23N3OS/c1-3-17-13(2)11-18(25-17)20(24)23-10-6-7-14(12-23)19-21-15-8-4-5-9-16(15)22-19/h4-5,8-9,11,14H,3,6-7,10,12H2,1-2H3,(H,21,22)/t14-/m0/s1. The van der Waals surface area contributed by atoms with E-state index in [9.17, 15) is 4.79 Å². The summed E-state index contributed by atoms with van der Waals surface area (Å²) in [6, 6.07) is 10.2. The van der Waals surface area contributed by atoms with Crippen LogP contribution >= 0.6 is 11.3 Å². The highest BCUT2D eigenvalue weighted by Gasteiger charge is 2.28. The minimum absolute atomic E-state index is 0.175. The van der Waals surface area contributed by atoms with E-state index in [2.05, 4.69) is 31.0 Å². The van der Waals surface area contributed by atoms with Gasteiger partial charge in [0.15, 0.2) is 0 Å². The number of fused-ring (bicyclic) bond motifs is 1. The first-order chi connectivity index (χ1) is 12.2. The minimum Gasteiger partial charge on any atom is -0.342 e. The Bertz CT molecular complexity index is 878. The Kier molecular flexibility index (Phi) is 4.34. The van der Waals surface area contributed by atoms with Gasteiger partial charge in [-0.1, -0.05) is 19.1 Å². The van der Waals surface area contributed by atoms with Gasteiger partial charge in [0.2, 0.25) is 0 Å². The van der Waals surface area contributed by atoms with Crippen molar-refractivity contribution < 1.29 is 4.79 Å². The summed E-state index contributed by atoms with van der Waals surface area (Å²) in [5.74, 6) is 1.47. The molecule has 1 aliphatic heterocycles. The van der Waals surface area contributed by atoms with Gasteiger partial charge in [0.25, 0.3) is 5.91 Å². The zero-order chi connectivity index (χ0) is 17.4. The van der Waals surface area contributed by atoms with Crippen LogP contribution in [0.1, 0.15) is 51.6 Å². The molecule has 1 aliphatic rings. The van der Waals surface area contributed by atoms with Crippen molar-refractivity contribution in [3.05, 3.63) is 51.5 Å². The van der Waals surface area contributed by atoms with E-state index in [1.807, 2.05) is 23.1 Å². The number of benzene rings is 1. The number of likely N-dealkylation sites (tertiary alicyclic amines) is 1. The lowest BCUT2D eigenvalue weighted by atomic mass is 9.97. The molecule has 0 aliphatic carbocycles. The highest BCUT2D eigenvalue weighted by molar-refractivity contribution is 7.14. The van der Waals surface area contributed by atoms with Crippen molar-refractivity contribution in [3.8, 4) is 0 Å². The predicted octanol–water partition coefficient (Wildman–Crippen LogP) is 4.52. The molecule has 1 aromatic carbocycles. The number of carbonyl (C=O) groups is 1. The van der Waals surface area contributed by atoms with Gasteiger partial charge in [-0.05, 0) is 49.9 Å². The number of H-pyrrole nitrogens is 1.